The molecule has 2 aromatic rings. The minimum atomic E-state index is -0.523. The monoisotopic (exact) mass is 329 g/mol. The molecule has 0 radical (unpaired) electrons. The van der Waals surface area contributed by atoms with Gasteiger partial charge in [0.05, 0.1) is 4.90 Å². The quantitative estimate of drug-likeness (QED) is 0.673. The number of amides is 1. The van der Waals surface area contributed by atoms with E-state index >= 15 is 0 Å². The second kappa shape index (κ2) is 5.81. The number of rotatable bonds is 1. The minimum Gasteiger partial charge on any atom is -0.507 e. The Balaban J connectivity index is 1.80. The molecule has 120 valence electrons. The number of ether oxygens (including phenoxy) is 1. The summed E-state index contributed by atoms with van der Waals surface area (Å²) in [5.41, 5.74) is 2.41. The van der Waals surface area contributed by atoms with Crippen LogP contribution < -0.4 is 5.32 Å². The highest BCUT2D eigenvalue weighted by atomic mass is 32.2. The van der Waals surface area contributed by atoms with Crippen LogP contribution in [0.3, 0.4) is 0 Å². The van der Waals surface area contributed by atoms with Crippen LogP contribution in [-0.2, 0) is 11.2 Å². The third kappa shape index (κ3) is 3.62. The average Bonchev–Trinajstić information content (AvgIpc) is 2.44. The maximum absolute atomic E-state index is 11.9. The zero-order valence-corrected chi connectivity index (χ0v) is 14.2. The fourth-order valence-corrected chi connectivity index (χ4v) is 3.52. The molecular weight excluding hydrogens is 310 g/mol. The number of hydrogen-bond donors (Lipinski definition) is 2. The van der Waals surface area contributed by atoms with Crippen molar-refractivity contribution in [3.63, 3.8) is 0 Å². The van der Waals surface area contributed by atoms with Gasteiger partial charge in [-0.1, -0.05) is 23.9 Å². The predicted octanol–water partition coefficient (Wildman–Crippen LogP) is 4.79. The highest BCUT2D eigenvalue weighted by molar-refractivity contribution is 7.99. The summed E-state index contributed by atoms with van der Waals surface area (Å²) >= 11 is 1.55. The van der Waals surface area contributed by atoms with Crippen LogP contribution in [0.15, 0.2) is 46.2 Å². The van der Waals surface area contributed by atoms with Crippen LogP contribution in [0.5, 0.6) is 5.75 Å². The SMILES string of the molecule is CC(C)(C)OC(=O)Nc1ccc2c(c1)Cc1cccc(O)c1S2. The minimum absolute atomic E-state index is 0.314. The molecule has 1 aliphatic heterocycles. The number of carbonyl (C=O) groups is 1. The van der Waals surface area contributed by atoms with Gasteiger partial charge >= 0.3 is 6.09 Å². The molecule has 0 fully saturated rings. The topological polar surface area (TPSA) is 58.6 Å². The second-order valence-corrected chi connectivity index (χ2v) is 7.55. The van der Waals surface area contributed by atoms with Crippen LogP contribution >= 0.6 is 11.8 Å². The summed E-state index contributed by atoms with van der Waals surface area (Å²) in [6, 6.07) is 11.3. The zero-order valence-electron chi connectivity index (χ0n) is 13.3. The van der Waals surface area contributed by atoms with Gasteiger partial charge in [-0.25, -0.2) is 4.79 Å². The summed E-state index contributed by atoms with van der Waals surface area (Å²) in [6.07, 6.45) is 0.273. The molecule has 2 N–H and O–H groups in total. The Morgan fingerprint density at radius 1 is 1.22 bits per heavy atom. The highest BCUT2D eigenvalue weighted by Gasteiger charge is 2.20. The number of hydrogen-bond acceptors (Lipinski definition) is 4. The van der Waals surface area contributed by atoms with Gasteiger partial charge in [-0.3, -0.25) is 5.32 Å². The molecule has 0 atom stereocenters. The van der Waals surface area contributed by atoms with Gasteiger partial charge in [-0.15, -0.1) is 0 Å². The predicted molar refractivity (Wildman–Crippen MR) is 91.3 cm³/mol. The molecule has 4 nitrogen and oxygen atoms in total. The first-order valence-electron chi connectivity index (χ1n) is 7.43. The summed E-state index contributed by atoms with van der Waals surface area (Å²) < 4.78 is 5.27. The van der Waals surface area contributed by atoms with Crippen molar-refractivity contribution in [2.24, 2.45) is 0 Å². The fourth-order valence-electron chi connectivity index (χ4n) is 2.46. The fraction of sp³-hybridized carbons (Fsp3) is 0.278. The maximum Gasteiger partial charge on any atom is 0.412 e. The van der Waals surface area contributed by atoms with E-state index in [-0.39, 0.29) is 0 Å². The number of benzene rings is 2. The van der Waals surface area contributed by atoms with E-state index in [9.17, 15) is 9.90 Å². The van der Waals surface area contributed by atoms with Gasteiger partial charge in [0.2, 0.25) is 0 Å². The molecular formula is C18H19NO3S. The van der Waals surface area contributed by atoms with Crippen LogP contribution in [0.25, 0.3) is 0 Å². The van der Waals surface area contributed by atoms with E-state index in [1.807, 2.05) is 51.1 Å². The van der Waals surface area contributed by atoms with Crippen molar-refractivity contribution in [2.75, 3.05) is 5.32 Å². The van der Waals surface area contributed by atoms with Crippen LogP contribution in [0.2, 0.25) is 0 Å². The molecule has 1 amide bonds. The van der Waals surface area contributed by atoms with Gasteiger partial charge in [-0.05, 0) is 62.6 Å². The lowest BCUT2D eigenvalue weighted by atomic mass is 10.0. The molecule has 0 aliphatic carbocycles. The van der Waals surface area contributed by atoms with Crippen molar-refractivity contribution < 1.29 is 14.6 Å². The number of aromatic hydroxyl groups is 1. The van der Waals surface area contributed by atoms with Gasteiger partial charge in [0.1, 0.15) is 11.4 Å². The second-order valence-electron chi connectivity index (χ2n) is 6.49. The standard InChI is InChI=1S/C18H19NO3S/c1-18(2,3)22-17(21)19-13-7-8-15-12(10-13)9-11-5-4-6-14(20)16(11)23-15/h4-8,10,20H,9H2,1-3H3,(H,19,21). The molecule has 3 rings (SSSR count). The number of phenols is 1. The number of nitrogens with one attached hydrogen (secondary N) is 1. The molecule has 23 heavy (non-hydrogen) atoms. The summed E-state index contributed by atoms with van der Waals surface area (Å²) in [5, 5.41) is 12.7. The normalized spacial score (nSPS) is 13.0. The summed E-state index contributed by atoms with van der Waals surface area (Å²) in [7, 11) is 0. The first kappa shape index (κ1) is 15.7. The molecule has 0 unspecified atom stereocenters. The van der Waals surface area contributed by atoms with E-state index in [1.54, 1.807) is 17.8 Å². The molecule has 1 heterocycles. The molecule has 0 aromatic heterocycles. The number of fused-ring (bicyclic) bond motifs is 2. The molecule has 0 bridgehead atoms. The Kier molecular flexibility index (Phi) is 3.98. The first-order chi connectivity index (χ1) is 10.8. The molecule has 5 heteroatoms. The highest BCUT2D eigenvalue weighted by Crippen LogP contribution is 2.44. The molecule has 0 saturated carbocycles. The van der Waals surface area contributed by atoms with E-state index < -0.39 is 11.7 Å². The van der Waals surface area contributed by atoms with Crippen molar-refractivity contribution in [1.82, 2.24) is 0 Å². The van der Waals surface area contributed by atoms with Gasteiger partial charge < -0.3 is 9.84 Å². The first-order valence-corrected chi connectivity index (χ1v) is 8.25. The van der Waals surface area contributed by atoms with Crippen molar-refractivity contribution in [2.45, 2.75) is 42.6 Å². The Bertz CT molecular complexity index is 765. The van der Waals surface area contributed by atoms with Gasteiger partial charge in [0.15, 0.2) is 0 Å². The van der Waals surface area contributed by atoms with Gasteiger partial charge in [0, 0.05) is 10.6 Å². The summed E-state index contributed by atoms with van der Waals surface area (Å²) in [5.74, 6) is 0.314. The van der Waals surface area contributed by atoms with Crippen LogP contribution in [0.4, 0.5) is 10.5 Å². The van der Waals surface area contributed by atoms with Crippen molar-refractivity contribution in [1.29, 1.82) is 0 Å². The largest absolute Gasteiger partial charge is 0.507 e. The molecule has 2 aromatic carbocycles. The molecule has 0 spiro atoms. The Hall–Kier alpha value is -2.14. The average molecular weight is 329 g/mol. The summed E-state index contributed by atoms with van der Waals surface area (Å²) in [6.45, 7) is 5.50. The Morgan fingerprint density at radius 3 is 2.74 bits per heavy atom. The van der Waals surface area contributed by atoms with Crippen LogP contribution in [0, 0.1) is 0 Å². The zero-order chi connectivity index (χ0) is 16.6. The molecule has 1 aliphatic rings. The maximum atomic E-state index is 11.9. The number of carbonyl (C=O) groups excluding carboxylic acids is 1. The lowest BCUT2D eigenvalue weighted by Crippen LogP contribution is -2.27. The van der Waals surface area contributed by atoms with Crippen LogP contribution in [0.1, 0.15) is 31.9 Å². The Morgan fingerprint density at radius 2 is 2.00 bits per heavy atom. The van der Waals surface area contributed by atoms with E-state index in [1.165, 1.54) is 0 Å². The lowest BCUT2D eigenvalue weighted by molar-refractivity contribution is 0.0636. The van der Waals surface area contributed by atoms with Crippen molar-refractivity contribution in [3.05, 3.63) is 47.5 Å². The smallest absolute Gasteiger partial charge is 0.412 e. The summed E-state index contributed by atoms with van der Waals surface area (Å²) in [4.78, 5) is 13.9. The Labute approximate surface area is 139 Å². The third-order valence-electron chi connectivity index (χ3n) is 3.37. The van der Waals surface area contributed by atoms with Gasteiger partial charge in [0.25, 0.3) is 0 Å². The molecule has 0 saturated heterocycles. The van der Waals surface area contributed by atoms with E-state index in [0.717, 1.165) is 27.3 Å². The lowest BCUT2D eigenvalue weighted by Gasteiger charge is -2.22. The van der Waals surface area contributed by atoms with E-state index in [0.29, 0.717) is 11.4 Å². The van der Waals surface area contributed by atoms with Crippen molar-refractivity contribution >= 4 is 23.5 Å². The van der Waals surface area contributed by atoms with Gasteiger partial charge in [-0.2, -0.15) is 0 Å². The van der Waals surface area contributed by atoms with E-state index in [4.69, 9.17) is 4.74 Å². The van der Waals surface area contributed by atoms with E-state index in [2.05, 4.69) is 5.32 Å². The third-order valence-corrected chi connectivity index (χ3v) is 4.67. The number of phenolic OH excluding ortho intramolecular Hbond substituents is 1. The van der Waals surface area contributed by atoms with Crippen LogP contribution in [-0.4, -0.2) is 16.8 Å². The number of anilines is 1. The van der Waals surface area contributed by atoms with Crippen molar-refractivity contribution in [3.8, 4) is 5.75 Å².